The quantitative estimate of drug-likeness (QED) is 0.862. The number of ether oxygens (including phenoxy) is 2. The molecule has 0 radical (unpaired) electrons. The lowest BCUT2D eigenvalue weighted by molar-refractivity contribution is -0.147. The number of benzene rings is 2. The van der Waals surface area contributed by atoms with Crippen LogP contribution in [0.1, 0.15) is 12.0 Å². The number of para-hydroxylation sites is 1. The third kappa shape index (κ3) is 3.86. The fourth-order valence-corrected chi connectivity index (χ4v) is 2.49. The summed E-state index contributed by atoms with van der Waals surface area (Å²) in [7, 11) is 0. The van der Waals surface area contributed by atoms with Crippen molar-refractivity contribution in [2.24, 2.45) is 0 Å². The van der Waals surface area contributed by atoms with Crippen LogP contribution >= 0.6 is 0 Å². The van der Waals surface area contributed by atoms with E-state index in [9.17, 15) is 4.79 Å². The first-order valence-electron chi connectivity index (χ1n) is 7.47. The van der Waals surface area contributed by atoms with Gasteiger partial charge in [0.25, 0.3) is 0 Å². The fraction of sp³-hybridized carbons (Fsp3) is 0.278. The molecule has 0 unspecified atom stereocenters. The summed E-state index contributed by atoms with van der Waals surface area (Å²) in [5.74, 6) is 0.607. The first kappa shape index (κ1) is 14.6. The minimum absolute atomic E-state index is 0.00308. The van der Waals surface area contributed by atoms with Crippen LogP contribution in [0.3, 0.4) is 0 Å². The smallest absolute Gasteiger partial charge is 0.323 e. The minimum atomic E-state index is -0.294. The highest BCUT2D eigenvalue weighted by molar-refractivity contribution is 5.76. The number of hydrogen-bond donors (Lipinski definition) is 1. The molecule has 1 aliphatic rings. The Morgan fingerprint density at radius 2 is 1.73 bits per heavy atom. The molecule has 22 heavy (non-hydrogen) atoms. The highest BCUT2D eigenvalue weighted by atomic mass is 16.5. The predicted octanol–water partition coefficient (Wildman–Crippen LogP) is 2.54. The molecule has 0 spiro atoms. The average Bonchev–Trinajstić information content (AvgIpc) is 3.03. The summed E-state index contributed by atoms with van der Waals surface area (Å²) in [4.78, 5) is 12.1. The standard InChI is InChI=1S/C18H19NO3/c20-18(21-13-14-7-3-1-4-8-14)17-11-16(12-19-17)22-15-9-5-2-6-10-15/h1-10,16-17,19H,11-13H2/t16-,17+/m0/s1. The molecule has 0 aliphatic carbocycles. The summed E-state index contributed by atoms with van der Waals surface area (Å²) in [6.45, 7) is 0.960. The van der Waals surface area contributed by atoms with Gasteiger partial charge in [-0.05, 0) is 17.7 Å². The van der Waals surface area contributed by atoms with E-state index in [1.54, 1.807) is 0 Å². The molecule has 1 saturated heterocycles. The van der Waals surface area contributed by atoms with Gasteiger partial charge >= 0.3 is 5.97 Å². The van der Waals surface area contributed by atoms with Crippen LogP contribution in [0, 0.1) is 0 Å². The van der Waals surface area contributed by atoms with E-state index in [0.29, 0.717) is 19.6 Å². The average molecular weight is 297 g/mol. The van der Waals surface area contributed by atoms with Crippen molar-refractivity contribution in [1.29, 1.82) is 0 Å². The lowest BCUT2D eigenvalue weighted by Crippen LogP contribution is -2.32. The molecular formula is C18H19NO3. The van der Waals surface area contributed by atoms with E-state index in [1.165, 1.54) is 0 Å². The van der Waals surface area contributed by atoms with E-state index in [0.717, 1.165) is 11.3 Å². The highest BCUT2D eigenvalue weighted by Crippen LogP contribution is 2.17. The lowest BCUT2D eigenvalue weighted by Gasteiger charge is -2.13. The van der Waals surface area contributed by atoms with Gasteiger partial charge in [0.15, 0.2) is 0 Å². The van der Waals surface area contributed by atoms with Gasteiger partial charge in [0.05, 0.1) is 0 Å². The summed E-state index contributed by atoms with van der Waals surface area (Å²) in [6.07, 6.45) is 0.624. The Morgan fingerprint density at radius 3 is 2.45 bits per heavy atom. The molecule has 1 N–H and O–H groups in total. The van der Waals surface area contributed by atoms with Crippen LogP contribution in [0.5, 0.6) is 5.75 Å². The van der Waals surface area contributed by atoms with Gasteiger partial charge in [0, 0.05) is 13.0 Å². The van der Waals surface area contributed by atoms with E-state index >= 15 is 0 Å². The monoisotopic (exact) mass is 297 g/mol. The van der Waals surface area contributed by atoms with Crippen molar-refractivity contribution in [2.75, 3.05) is 6.54 Å². The molecular weight excluding hydrogens is 278 g/mol. The van der Waals surface area contributed by atoms with Crippen molar-refractivity contribution < 1.29 is 14.3 Å². The molecule has 2 atom stereocenters. The van der Waals surface area contributed by atoms with Crippen LogP contribution in [0.25, 0.3) is 0 Å². The zero-order valence-corrected chi connectivity index (χ0v) is 12.3. The van der Waals surface area contributed by atoms with Crippen LogP contribution in [-0.4, -0.2) is 24.7 Å². The maximum absolute atomic E-state index is 12.1. The Labute approximate surface area is 130 Å². The molecule has 0 bridgehead atoms. The van der Waals surface area contributed by atoms with Crippen molar-refractivity contribution in [3.05, 3.63) is 66.2 Å². The fourth-order valence-electron chi connectivity index (χ4n) is 2.49. The van der Waals surface area contributed by atoms with Gasteiger partial charge in [0.2, 0.25) is 0 Å². The summed E-state index contributed by atoms with van der Waals surface area (Å²) in [5.41, 5.74) is 0.992. The Bertz CT molecular complexity index is 600. The number of rotatable bonds is 5. The van der Waals surface area contributed by atoms with Crippen molar-refractivity contribution in [1.82, 2.24) is 5.32 Å². The van der Waals surface area contributed by atoms with E-state index < -0.39 is 0 Å². The maximum Gasteiger partial charge on any atom is 0.323 e. The van der Waals surface area contributed by atoms with E-state index in [-0.39, 0.29) is 18.1 Å². The molecule has 1 aliphatic heterocycles. The lowest BCUT2D eigenvalue weighted by atomic mass is 10.2. The molecule has 3 rings (SSSR count). The van der Waals surface area contributed by atoms with Crippen LogP contribution in [-0.2, 0) is 16.1 Å². The Hall–Kier alpha value is -2.33. The molecule has 1 heterocycles. The van der Waals surface area contributed by atoms with Crippen LogP contribution < -0.4 is 10.1 Å². The molecule has 0 aromatic heterocycles. The Morgan fingerprint density at radius 1 is 1.05 bits per heavy atom. The van der Waals surface area contributed by atoms with Crippen LogP contribution in [0.15, 0.2) is 60.7 Å². The van der Waals surface area contributed by atoms with Gasteiger partial charge in [-0.25, -0.2) is 0 Å². The van der Waals surface area contributed by atoms with Gasteiger partial charge in [-0.1, -0.05) is 48.5 Å². The predicted molar refractivity (Wildman–Crippen MR) is 83.5 cm³/mol. The topological polar surface area (TPSA) is 47.6 Å². The number of nitrogens with one attached hydrogen (secondary N) is 1. The Kier molecular flexibility index (Phi) is 4.71. The number of carbonyl (C=O) groups excluding carboxylic acids is 1. The first-order chi connectivity index (χ1) is 10.8. The second-order valence-corrected chi connectivity index (χ2v) is 5.34. The van der Waals surface area contributed by atoms with Crippen LogP contribution in [0.4, 0.5) is 0 Å². The second kappa shape index (κ2) is 7.09. The molecule has 2 aromatic carbocycles. The van der Waals surface area contributed by atoms with Crippen molar-refractivity contribution in [3.63, 3.8) is 0 Å². The van der Waals surface area contributed by atoms with Gasteiger partial charge in [-0.15, -0.1) is 0 Å². The van der Waals surface area contributed by atoms with Gasteiger partial charge in [-0.3, -0.25) is 4.79 Å². The molecule has 4 nitrogen and oxygen atoms in total. The number of esters is 1. The van der Waals surface area contributed by atoms with Crippen molar-refractivity contribution in [3.8, 4) is 5.75 Å². The summed E-state index contributed by atoms with van der Waals surface area (Å²) < 4.78 is 11.2. The van der Waals surface area contributed by atoms with Crippen molar-refractivity contribution in [2.45, 2.75) is 25.2 Å². The number of carbonyl (C=O) groups is 1. The normalized spacial score (nSPS) is 20.5. The molecule has 114 valence electrons. The molecule has 4 heteroatoms. The van der Waals surface area contributed by atoms with Crippen molar-refractivity contribution >= 4 is 5.97 Å². The van der Waals surface area contributed by atoms with Gasteiger partial charge < -0.3 is 14.8 Å². The summed E-state index contributed by atoms with van der Waals surface area (Å²) >= 11 is 0. The Balaban J connectivity index is 1.46. The largest absolute Gasteiger partial charge is 0.489 e. The third-order valence-corrected chi connectivity index (χ3v) is 3.64. The first-order valence-corrected chi connectivity index (χ1v) is 7.47. The molecule has 2 aromatic rings. The molecule has 0 saturated carbocycles. The molecule has 1 fully saturated rings. The second-order valence-electron chi connectivity index (χ2n) is 5.34. The van der Waals surface area contributed by atoms with E-state index in [4.69, 9.17) is 9.47 Å². The summed E-state index contributed by atoms with van der Waals surface area (Å²) in [5, 5.41) is 3.16. The summed E-state index contributed by atoms with van der Waals surface area (Å²) in [6, 6.07) is 19.0. The minimum Gasteiger partial charge on any atom is -0.489 e. The van der Waals surface area contributed by atoms with Crippen LogP contribution in [0.2, 0.25) is 0 Å². The third-order valence-electron chi connectivity index (χ3n) is 3.64. The highest BCUT2D eigenvalue weighted by Gasteiger charge is 2.31. The zero-order valence-electron chi connectivity index (χ0n) is 12.3. The van der Waals surface area contributed by atoms with E-state index in [1.807, 2.05) is 60.7 Å². The SMILES string of the molecule is O=C(OCc1ccccc1)[C@H]1C[C@H](Oc2ccccc2)CN1. The van der Waals surface area contributed by atoms with E-state index in [2.05, 4.69) is 5.32 Å². The van der Waals surface area contributed by atoms with Gasteiger partial charge in [0.1, 0.15) is 24.5 Å². The molecule has 0 amide bonds. The maximum atomic E-state index is 12.1. The number of hydrogen-bond acceptors (Lipinski definition) is 4. The zero-order chi connectivity index (χ0) is 15.2. The van der Waals surface area contributed by atoms with Gasteiger partial charge in [-0.2, -0.15) is 0 Å².